The van der Waals surface area contributed by atoms with Crippen LogP contribution < -0.4 is 0 Å². The van der Waals surface area contributed by atoms with E-state index in [0.29, 0.717) is 26.7 Å². The van der Waals surface area contributed by atoms with Gasteiger partial charge in [0.05, 0.1) is 0 Å². The lowest BCUT2D eigenvalue weighted by atomic mass is 10.0. The molecule has 0 aliphatic carbocycles. The van der Waals surface area contributed by atoms with Crippen molar-refractivity contribution in [3.05, 3.63) is 75.3 Å². The lowest BCUT2D eigenvalue weighted by Gasteiger charge is -2.08. The molecule has 0 saturated carbocycles. The number of hydrogen-bond donors (Lipinski definition) is 0. The van der Waals surface area contributed by atoms with Gasteiger partial charge in [-0.2, -0.15) is 0 Å². The van der Waals surface area contributed by atoms with Crippen LogP contribution in [-0.4, -0.2) is 18.4 Å². The van der Waals surface area contributed by atoms with E-state index >= 15 is 0 Å². The molecule has 0 aromatic heterocycles. The lowest BCUT2D eigenvalue weighted by Crippen LogP contribution is -2.12. The second kappa shape index (κ2) is 7.95. The number of hydrogen-bond acceptors (Lipinski definition) is 3. The van der Waals surface area contributed by atoms with Crippen LogP contribution in [0.15, 0.2) is 54.1 Å². The molecule has 0 amide bonds. The largest absolute Gasteiger partial charge is 0.461 e. The van der Waals surface area contributed by atoms with Crippen molar-refractivity contribution in [3.8, 4) is 0 Å². The standard InChI is InChI=1S/C18H14Cl2O3/c1-12(21)23-11-15(18(22)13-5-3-2-4-6-13)9-14-7-8-16(19)10-17(14)20/h2-10H,11H2,1H3/b15-9-. The summed E-state index contributed by atoms with van der Waals surface area (Å²) in [4.78, 5) is 23.7. The number of rotatable bonds is 5. The number of Topliss-reactive ketones (excluding diaryl/α,β-unsaturated/α-hetero) is 1. The molecule has 0 bridgehead atoms. The third kappa shape index (κ3) is 4.95. The van der Waals surface area contributed by atoms with Crippen molar-refractivity contribution in [1.29, 1.82) is 0 Å². The van der Waals surface area contributed by atoms with Gasteiger partial charge in [0.2, 0.25) is 0 Å². The van der Waals surface area contributed by atoms with E-state index in [1.54, 1.807) is 48.5 Å². The maximum Gasteiger partial charge on any atom is 0.302 e. The number of carbonyl (C=O) groups is 2. The normalized spacial score (nSPS) is 11.2. The Labute approximate surface area is 144 Å². The summed E-state index contributed by atoms with van der Waals surface area (Å²) < 4.78 is 4.99. The summed E-state index contributed by atoms with van der Waals surface area (Å²) in [6.45, 7) is 1.17. The topological polar surface area (TPSA) is 43.4 Å². The number of halogens is 2. The Morgan fingerprint density at radius 1 is 1.09 bits per heavy atom. The Morgan fingerprint density at radius 2 is 1.78 bits per heavy atom. The average Bonchev–Trinajstić information content (AvgIpc) is 2.53. The fourth-order valence-corrected chi connectivity index (χ4v) is 2.40. The Hall–Kier alpha value is -2.10. The molecule has 5 heteroatoms. The lowest BCUT2D eigenvalue weighted by molar-refractivity contribution is -0.139. The first kappa shape index (κ1) is 17.3. The van der Waals surface area contributed by atoms with Crippen LogP contribution in [0.4, 0.5) is 0 Å². The zero-order valence-corrected chi connectivity index (χ0v) is 13.9. The van der Waals surface area contributed by atoms with E-state index in [-0.39, 0.29) is 12.4 Å². The molecule has 0 spiro atoms. The second-order valence-corrected chi connectivity index (χ2v) is 5.65. The minimum Gasteiger partial charge on any atom is -0.461 e. The molecule has 2 rings (SSSR count). The van der Waals surface area contributed by atoms with Gasteiger partial charge in [-0.3, -0.25) is 9.59 Å². The maximum atomic E-state index is 12.6. The highest BCUT2D eigenvalue weighted by Gasteiger charge is 2.14. The van der Waals surface area contributed by atoms with Gasteiger partial charge in [0.1, 0.15) is 6.61 Å². The van der Waals surface area contributed by atoms with Gasteiger partial charge in [0.25, 0.3) is 0 Å². The highest BCUT2D eigenvalue weighted by atomic mass is 35.5. The summed E-state index contributed by atoms with van der Waals surface area (Å²) in [5, 5.41) is 0.918. The summed E-state index contributed by atoms with van der Waals surface area (Å²) in [6, 6.07) is 13.7. The van der Waals surface area contributed by atoms with Crippen molar-refractivity contribution in [2.45, 2.75) is 6.92 Å². The summed E-state index contributed by atoms with van der Waals surface area (Å²) in [5.41, 5.74) is 1.47. The van der Waals surface area contributed by atoms with Crippen LogP contribution >= 0.6 is 23.2 Å². The van der Waals surface area contributed by atoms with Gasteiger partial charge in [-0.15, -0.1) is 0 Å². The summed E-state index contributed by atoms with van der Waals surface area (Å²) in [6.07, 6.45) is 1.61. The monoisotopic (exact) mass is 348 g/mol. The quantitative estimate of drug-likeness (QED) is 0.441. The Bertz CT molecular complexity index is 752. The number of ether oxygens (including phenoxy) is 1. The first-order valence-electron chi connectivity index (χ1n) is 6.86. The van der Waals surface area contributed by atoms with E-state index < -0.39 is 5.97 Å². The molecule has 2 aromatic carbocycles. The summed E-state index contributed by atoms with van der Waals surface area (Å²) in [5.74, 6) is -0.683. The zero-order valence-electron chi connectivity index (χ0n) is 12.4. The van der Waals surface area contributed by atoms with Crippen LogP contribution in [-0.2, 0) is 9.53 Å². The fourth-order valence-electron chi connectivity index (χ4n) is 1.93. The molecule has 0 aliphatic rings. The first-order valence-corrected chi connectivity index (χ1v) is 7.61. The molecule has 2 aromatic rings. The van der Waals surface area contributed by atoms with E-state index in [9.17, 15) is 9.59 Å². The van der Waals surface area contributed by atoms with Gasteiger partial charge in [-0.25, -0.2) is 0 Å². The van der Waals surface area contributed by atoms with Crippen molar-refractivity contribution in [3.63, 3.8) is 0 Å². The third-order valence-corrected chi connectivity index (χ3v) is 3.61. The Balaban J connectivity index is 2.38. The molecule has 0 heterocycles. The van der Waals surface area contributed by atoms with E-state index in [1.165, 1.54) is 6.92 Å². The van der Waals surface area contributed by atoms with E-state index in [2.05, 4.69) is 0 Å². The molecule has 0 radical (unpaired) electrons. The number of benzene rings is 2. The van der Waals surface area contributed by atoms with E-state index in [0.717, 1.165) is 0 Å². The average molecular weight is 349 g/mol. The molecule has 0 saturated heterocycles. The number of ketones is 1. The molecular formula is C18H14Cl2O3. The van der Waals surface area contributed by atoms with Crippen LogP contribution in [0.2, 0.25) is 10.0 Å². The molecule has 0 N–H and O–H groups in total. The number of carbonyl (C=O) groups excluding carboxylic acids is 2. The molecule has 3 nitrogen and oxygen atoms in total. The van der Waals surface area contributed by atoms with Crippen molar-refractivity contribution >= 4 is 41.0 Å². The maximum absolute atomic E-state index is 12.6. The Kier molecular flexibility index (Phi) is 5.97. The first-order chi connectivity index (χ1) is 11.0. The minimum absolute atomic E-state index is 0.123. The molecule has 0 fully saturated rings. The SMILES string of the molecule is CC(=O)OC/C(=C/c1ccc(Cl)cc1Cl)C(=O)c1ccccc1. The smallest absolute Gasteiger partial charge is 0.302 e. The van der Waals surface area contributed by atoms with Gasteiger partial charge < -0.3 is 4.74 Å². The molecule has 118 valence electrons. The molecule has 0 atom stereocenters. The number of esters is 1. The van der Waals surface area contributed by atoms with E-state index in [1.807, 2.05) is 6.07 Å². The van der Waals surface area contributed by atoms with Crippen LogP contribution in [0.5, 0.6) is 0 Å². The predicted molar refractivity (Wildman–Crippen MR) is 91.8 cm³/mol. The van der Waals surface area contributed by atoms with Crippen LogP contribution in [0, 0.1) is 0 Å². The van der Waals surface area contributed by atoms with Gasteiger partial charge in [-0.1, -0.05) is 59.6 Å². The van der Waals surface area contributed by atoms with Crippen molar-refractivity contribution in [1.82, 2.24) is 0 Å². The van der Waals surface area contributed by atoms with Crippen molar-refractivity contribution < 1.29 is 14.3 Å². The summed E-state index contributed by atoms with van der Waals surface area (Å²) >= 11 is 12.0. The molecule has 23 heavy (non-hydrogen) atoms. The summed E-state index contributed by atoms with van der Waals surface area (Å²) in [7, 11) is 0. The molecule has 0 unspecified atom stereocenters. The zero-order chi connectivity index (χ0) is 16.8. The van der Waals surface area contributed by atoms with Crippen molar-refractivity contribution in [2.75, 3.05) is 6.61 Å². The van der Waals surface area contributed by atoms with Gasteiger partial charge in [-0.05, 0) is 23.8 Å². The van der Waals surface area contributed by atoms with Crippen molar-refractivity contribution in [2.24, 2.45) is 0 Å². The molecule has 0 aliphatic heterocycles. The Morgan fingerprint density at radius 3 is 2.39 bits per heavy atom. The van der Waals surface area contributed by atoms with Gasteiger partial charge in [0, 0.05) is 28.1 Å². The fraction of sp³-hybridized carbons (Fsp3) is 0.111. The van der Waals surface area contributed by atoms with Gasteiger partial charge >= 0.3 is 5.97 Å². The third-order valence-electron chi connectivity index (χ3n) is 3.05. The second-order valence-electron chi connectivity index (χ2n) is 4.81. The highest BCUT2D eigenvalue weighted by molar-refractivity contribution is 6.35. The van der Waals surface area contributed by atoms with E-state index in [4.69, 9.17) is 27.9 Å². The molecular weight excluding hydrogens is 335 g/mol. The minimum atomic E-state index is -0.459. The van der Waals surface area contributed by atoms with Crippen LogP contribution in [0.1, 0.15) is 22.8 Å². The predicted octanol–water partition coefficient (Wildman–Crippen LogP) is 4.82. The highest BCUT2D eigenvalue weighted by Crippen LogP contribution is 2.24. The van der Waals surface area contributed by atoms with Gasteiger partial charge in [0.15, 0.2) is 5.78 Å². The van der Waals surface area contributed by atoms with Crippen LogP contribution in [0.25, 0.3) is 6.08 Å². The van der Waals surface area contributed by atoms with Crippen LogP contribution in [0.3, 0.4) is 0 Å².